The lowest BCUT2D eigenvalue weighted by molar-refractivity contribution is -0.141. The van der Waals surface area contributed by atoms with E-state index < -0.39 is 23.7 Å². The fraction of sp³-hybridized carbons (Fsp3) is 0.286. The van der Waals surface area contributed by atoms with Crippen molar-refractivity contribution in [3.63, 3.8) is 0 Å². The molecule has 0 aliphatic rings. The van der Waals surface area contributed by atoms with E-state index in [2.05, 4.69) is 11.9 Å². The van der Waals surface area contributed by atoms with Crippen LogP contribution in [0.3, 0.4) is 0 Å². The molecule has 1 atom stereocenters. The van der Waals surface area contributed by atoms with Gasteiger partial charge in [-0.3, -0.25) is 4.79 Å². The molecule has 19 heavy (non-hydrogen) atoms. The Labute approximate surface area is 110 Å². The van der Waals surface area contributed by atoms with Crippen LogP contribution in [-0.2, 0) is 16.0 Å². The van der Waals surface area contributed by atoms with E-state index in [0.717, 1.165) is 0 Å². The first-order chi connectivity index (χ1) is 9.02. The van der Waals surface area contributed by atoms with Crippen LogP contribution >= 0.6 is 0 Å². The molecule has 0 fully saturated rings. The van der Waals surface area contributed by atoms with Crippen molar-refractivity contribution < 1.29 is 19.1 Å². The van der Waals surface area contributed by atoms with E-state index in [1.54, 1.807) is 12.1 Å². The van der Waals surface area contributed by atoms with Crippen LogP contribution < -0.4 is 5.32 Å². The summed E-state index contributed by atoms with van der Waals surface area (Å²) in [5.74, 6) is -1.96. The monoisotopic (exact) mass is 265 g/mol. The highest BCUT2D eigenvalue weighted by Crippen LogP contribution is 2.05. The lowest BCUT2D eigenvalue weighted by atomic mass is 10.1. The highest BCUT2D eigenvalue weighted by Gasteiger charge is 2.18. The Morgan fingerprint density at radius 2 is 2.21 bits per heavy atom. The van der Waals surface area contributed by atoms with Gasteiger partial charge in [0.2, 0.25) is 5.91 Å². The molecule has 2 N–H and O–H groups in total. The second kappa shape index (κ2) is 7.31. The minimum absolute atomic E-state index is 0.0460. The highest BCUT2D eigenvalue weighted by atomic mass is 19.1. The molecule has 0 saturated carbocycles. The molecule has 1 aromatic carbocycles. The summed E-state index contributed by atoms with van der Waals surface area (Å²) in [6.45, 7) is 3.50. The van der Waals surface area contributed by atoms with Gasteiger partial charge in [-0.2, -0.15) is 0 Å². The van der Waals surface area contributed by atoms with Gasteiger partial charge in [-0.15, -0.1) is 6.58 Å². The predicted octanol–water partition coefficient (Wildman–Crippen LogP) is 1.90. The molecule has 1 aromatic rings. The van der Waals surface area contributed by atoms with Crippen LogP contribution in [0.1, 0.15) is 18.4 Å². The number of amides is 1. The minimum atomic E-state index is -1.09. The Bertz CT molecular complexity index is 474. The van der Waals surface area contributed by atoms with Crippen molar-refractivity contribution >= 4 is 11.9 Å². The van der Waals surface area contributed by atoms with Crippen LogP contribution in [0.15, 0.2) is 36.9 Å². The van der Waals surface area contributed by atoms with Crippen LogP contribution in [0.5, 0.6) is 0 Å². The lowest BCUT2D eigenvalue weighted by Gasteiger charge is -2.13. The lowest BCUT2D eigenvalue weighted by Crippen LogP contribution is -2.41. The van der Waals surface area contributed by atoms with E-state index >= 15 is 0 Å². The van der Waals surface area contributed by atoms with Gasteiger partial charge in [0.15, 0.2) is 0 Å². The van der Waals surface area contributed by atoms with Crippen LogP contribution in [-0.4, -0.2) is 23.0 Å². The molecule has 0 heterocycles. The number of allylic oxidation sites excluding steroid dienone is 1. The molecule has 0 spiro atoms. The first-order valence-corrected chi connectivity index (χ1v) is 5.90. The van der Waals surface area contributed by atoms with Gasteiger partial charge in [0.25, 0.3) is 0 Å². The van der Waals surface area contributed by atoms with Crippen LogP contribution in [0.25, 0.3) is 0 Å². The van der Waals surface area contributed by atoms with Gasteiger partial charge in [0.05, 0.1) is 6.42 Å². The molecule has 0 radical (unpaired) electrons. The summed E-state index contributed by atoms with van der Waals surface area (Å²) < 4.78 is 12.9. The zero-order valence-electron chi connectivity index (χ0n) is 10.4. The summed E-state index contributed by atoms with van der Waals surface area (Å²) in [5, 5.41) is 11.4. The number of rotatable bonds is 7. The Balaban J connectivity index is 2.57. The third kappa shape index (κ3) is 5.33. The standard InChI is InChI=1S/C14H16FNO3/c1-2-3-7-12(14(18)19)16-13(17)9-10-5-4-6-11(15)8-10/h2,4-6,8,12H,1,3,7,9H2,(H,16,17)(H,18,19). The molecule has 0 bridgehead atoms. The number of carbonyl (C=O) groups is 2. The summed E-state index contributed by atoms with van der Waals surface area (Å²) in [7, 11) is 0. The first-order valence-electron chi connectivity index (χ1n) is 5.90. The second-order valence-electron chi connectivity index (χ2n) is 4.13. The van der Waals surface area contributed by atoms with E-state index in [4.69, 9.17) is 5.11 Å². The van der Waals surface area contributed by atoms with Gasteiger partial charge in [-0.05, 0) is 30.5 Å². The summed E-state index contributed by atoms with van der Waals surface area (Å²) in [6, 6.07) is 4.70. The Morgan fingerprint density at radius 3 is 2.79 bits per heavy atom. The van der Waals surface area contributed by atoms with Crippen molar-refractivity contribution in [2.24, 2.45) is 0 Å². The van der Waals surface area contributed by atoms with Crippen molar-refractivity contribution in [3.8, 4) is 0 Å². The van der Waals surface area contributed by atoms with Gasteiger partial charge in [-0.25, -0.2) is 9.18 Å². The summed E-state index contributed by atoms with van der Waals surface area (Å²) in [5.41, 5.74) is 0.505. The molecule has 0 aliphatic heterocycles. The number of aliphatic carboxylic acids is 1. The van der Waals surface area contributed by atoms with Crippen LogP contribution in [0.2, 0.25) is 0 Å². The Hall–Kier alpha value is -2.17. The molecular formula is C14H16FNO3. The topological polar surface area (TPSA) is 66.4 Å². The van der Waals surface area contributed by atoms with Gasteiger partial charge in [0.1, 0.15) is 11.9 Å². The SMILES string of the molecule is C=CCCC(NC(=O)Cc1cccc(F)c1)C(=O)O. The van der Waals surface area contributed by atoms with E-state index in [1.165, 1.54) is 18.2 Å². The number of halogens is 1. The molecule has 1 amide bonds. The van der Waals surface area contributed by atoms with Crippen LogP contribution in [0.4, 0.5) is 4.39 Å². The fourth-order valence-corrected chi connectivity index (χ4v) is 1.62. The van der Waals surface area contributed by atoms with E-state index in [1.807, 2.05) is 0 Å². The number of hydrogen-bond acceptors (Lipinski definition) is 2. The fourth-order valence-electron chi connectivity index (χ4n) is 1.62. The molecular weight excluding hydrogens is 249 g/mol. The summed E-state index contributed by atoms with van der Waals surface area (Å²) >= 11 is 0. The van der Waals surface area contributed by atoms with E-state index in [0.29, 0.717) is 12.0 Å². The highest BCUT2D eigenvalue weighted by molar-refractivity contribution is 5.84. The van der Waals surface area contributed by atoms with Crippen molar-refractivity contribution in [2.45, 2.75) is 25.3 Å². The number of carbonyl (C=O) groups excluding carboxylic acids is 1. The third-order valence-electron chi connectivity index (χ3n) is 2.55. The van der Waals surface area contributed by atoms with E-state index in [-0.39, 0.29) is 12.8 Å². The van der Waals surface area contributed by atoms with Gasteiger partial charge in [0, 0.05) is 0 Å². The summed E-state index contributed by atoms with van der Waals surface area (Å²) in [6.07, 6.45) is 2.33. The summed E-state index contributed by atoms with van der Waals surface area (Å²) in [4.78, 5) is 22.6. The average molecular weight is 265 g/mol. The van der Waals surface area contributed by atoms with Crippen molar-refractivity contribution in [2.75, 3.05) is 0 Å². The number of nitrogens with one attached hydrogen (secondary N) is 1. The van der Waals surface area contributed by atoms with Gasteiger partial charge < -0.3 is 10.4 Å². The maximum absolute atomic E-state index is 12.9. The first kappa shape index (κ1) is 14.9. The van der Waals surface area contributed by atoms with Crippen molar-refractivity contribution in [1.29, 1.82) is 0 Å². The van der Waals surface area contributed by atoms with Crippen LogP contribution in [0, 0.1) is 5.82 Å². The van der Waals surface area contributed by atoms with Crippen molar-refractivity contribution in [1.82, 2.24) is 5.32 Å². The molecule has 1 rings (SSSR count). The predicted molar refractivity (Wildman–Crippen MR) is 69.1 cm³/mol. The average Bonchev–Trinajstić information content (AvgIpc) is 2.34. The van der Waals surface area contributed by atoms with Gasteiger partial charge in [-0.1, -0.05) is 18.2 Å². The Morgan fingerprint density at radius 1 is 1.47 bits per heavy atom. The normalized spacial score (nSPS) is 11.6. The van der Waals surface area contributed by atoms with Gasteiger partial charge >= 0.3 is 5.97 Å². The molecule has 102 valence electrons. The molecule has 5 heteroatoms. The quantitative estimate of drug-likeness (QED) is 0.740. The molecule has 0 saturated heterocycles. The second-order valence-corrected chi connectivity index (χ2v) is 4.13. The number of benzene rings is 1. The smallest absolute Gasteiger partial charge is 0.326 e. The minimum Gasteiger partial charge on any atom is -0.480 e. The zero-order chi connectivity index (χ0) is 14.3. The Kier molecular flexibility index (Phi) is 5.73. The molecule has 0 aliphatic carbocycles. The maximum Gasteiger partial charge on any atom is 0.326 e. The third-order valence-corrected chi connectivity index (χ3v) is 2.55. The maximum atomic E-state index is 12.9. The molecule has 4 nitrogen and oxygen atoms in total. The number of carboxylic acid groups (broad SMARTS) is 1. The number of carboxylic acids is 1. The van der Waals surface area contributed by atoms with E-state index in [9.17, 15) is 14.0 Å². The zero-order valence-corrected chi connectivity index (χ0v) is 10.4. The van der Waals surface area contributed by atoms with Crippen molar-refractivity contribution in [3.05, 3.63) is 48.3 Å². The number of hydrogen-bond donors (Lipinski definition) is 2. The molecule has 1 unspecified atom stereocenters. The largest absolute Gasteiger partial charge is 0.480 e. The molecule has 0 aromatic heterocycles.